The lowest BCUT2D eigenvalue weighted by molar-refractivity contribution is -0.116. The minimum Gasteiger partial charge on any atom is -0.396 e. The van der Waals surface area contributed by atoms with Gasteiger partial charge in [0.25, 0.3) is 0 Å². The van der Waals surface area contributed by atoms with Gasteiger partial charge >= 0.3 is 6.03 Å². The van der Waals surface area contributed by atoms with E-state index < -0.39 is 11.9 Å². The van der Waals surface area contributed by atoms with Crippen LogP contribution in [0.3, 0.4) is 0 Å². The van der Waals surface area contributed by atoms with E-state index in [1.807, 2.05) is 25.1 Å². The lowest BCUT2D eigenvalue weighted by atomic mass is 9.99. The molecule has 2 rings (SSSR count). The second-order valence-electron chi connectivity index (χ2n) is 6.78. The number of carbonyl (C=O) groups excluding carboxylic acids is 2. The van der Waals surface area contributed by atoms with Crippen LogP contribution in [0, 0.1) is 0 Å². The molecule has 0 spiro atoms. The second-order valence-corrected chi connectivity index (χ2v) is 7.63. The molecular weight excluding hydrogens is 426 g/mol. The normalized spacial score (nSPS) is 13.3. The Hall–Kier alpha value is -3.52. The maximum Gasteiger partial charge on any atom is 0.324 e. The number of primary amides is 1. The average Bonchev–Trinajstić information content (AvgIpc) is 2.92. The molecule has 9 heteroatoms. The Morgan fingerprint density at radius 1 is 1.25 bits per heavy atom. The molecule has 1 aliphatic rings. The predicted octanol–water partition coefficient (Wildman–Crippen LogP) is 3.14. The summed E-state index contributed by atoms with van der Waals surface area (Å²) in [6.07, 6.45) is 5.69. The highest BCUT2D eigenvalue weighted by molar-refractivity contribution is 8.01. The molecule has 0 bridgehead atoms. The smallest absolute Gasteiger partial charge is 0.324 e. The van der Waals surface area contributed by atoms with Crippen molar-refractivity contribution >= 4 is 35.3 Å². The quantitative estimate of drug-likeness (QED) is 0.152. The number of nitrogens with two attached hydrogens (primary N) is 1. The average molecular weight is 454 g/mol. The van der Waals surface area contributed by atoms with Crippen molar-refractivity contribution in [3.8, 4) is 0 Å². The van der Waals surface area contributed by atoms with E-state index in [0.29, 0.717) is 40.7 Å². The topological polar surface area (TPSA) is 129 Å². The van der Waals surface area contributed by atoms with E-state index in [1.165, 1.54) is 0 Å². The van der Waals surface area contributed by atoms with Crippen LogP contribution in [-0.4, -0.2) is 35.9 Å². The van der Waals surface area contributed by atoms with E-state index in [0.717, 1.165) is 17.5 Å². The minimum absolute atomic E-state index is 0.0565. The molecule has 0 unspecified atom stereocenters. The van der Waals surface area contributed by atoms with Crippen molar-refractivity contribution in [3.63, 3.8) is 0 Å². The number of amides is 3. The van der Waals surface area contributed by atoms with Crippen molar-refractivity contribution in [2.75, 3.05) is 18.5 Å². The molecule has 0 saturated heterocycles. The Balaban J connectivity index is 2.09. The van der Waals surface area contributed by atoms with E-state index in [4.69, 9.17) is 10.8 Å². The van der Waals surface area contributed by atoms with E-state index >= 15 is 0 Å². The number of rotatable bonds is 11. The first-order valence-electron chi connectivity index (χ1n) is 9.94. The third-order valence-electron chi connectivity index (χ3n) is 4.13. The summed E-state index contributed by atoms with van der Waals surface area (Å²) in [5, 5.41) is 18.0. The van der Waals surface area contributed by atoms with Crippen LogP contribution in [0.15, 0.2) is 87.1 Å². The number of anilines is 1. The predicted molar refractivity (Wildman–Crippen MR) is 130 cm³/mol. The van der Waals surface area contributed by atoms with Gasteiger partial charge in [-0.2, -0.15) is 0 Å². The zero-order chi connectivity index (χ0) is 23.3. The summed E-state index contributed by atoms with van der Waals surface area (Å²) in [6.45, 7) is 6.37. The second kappa shape index (κ2) is 13.0. The Bertz CT molecular complexity index is 1010. The number of hydrogen-bond donors (Lipinski definition) is 5. The first-order chi connectivity index (χ1) is 15.4. The number of aliphatic hydroxyl groups is 1. The fourth-order valence-corrected chi connectivity index (χ4v) is 3.23. The first kappa shape index (κ1) is 24.7. The molecule has 0 atom stereocenters. The zero-order valence-electron chi connectivity index (χ0n) is 17.9. The monoisotopic (exact) mass is 453 g/mol. The Kier molecular flexibility index (Phi) is 10.1. The van der Waals surface area contributed by atoms with Crippen LogP contribution in [0.1, 0.15) is 19.8 Å². The van der Waals surface area contributed by atoms with Gasteiger partial charge in [-0.05, 0) is 49.3 Å². The van der Waals surface area contributed by atoms with Gasteiger partial charge in [-0.1, -0.05) is 30.5 Å². The van der Waals surface area contributed by atoms with Gasteiger partial charge in [0, 0.05) is 36.4 Å². The molecule has 1 aliphatic carbocycles. The highest BCUT2D eigenvalue weighted by Crippen LogP contribution is 2.22. The number of urea groups is 1. The van der Waals surface area contributed by atoms with Gasteiger partial charge in [0.1, 0.15) is 0 Å². The number of nitrogens with zero attached hydrogens (tertiary/aromatic N) is 1. The van der Waals surface area contributed by atoms with Crippen molar-refractivity contribution in [3.05, 3.63) is 82.7 Å². The summed E-state index contributed by atoms with van der Waals surface area (Å²) in [6, 6.07) is 8.70. The summed E-state index contributed by atoms with van der Waals surface area (Å²) in [4.78, 5) is 23.9. The zero-order valence-corrected chi connectivity index (χ0v) is 18.7. The van der Waals surface area contributed by atoms with Crippen molar-refractivity contribution in [2.45, 2.75) is 19.8 Å². The number of allylic oxidation sites excluding steroid dienone is 4. The first-order valence-corrected chi connectivity index (χ1v) is 10.7. The van der Waals surface area contributed by atoms with Crippen LogP contribution < -0.4 is 21.7 Å². The largest absolute Gasteiger partial charge is 0.396 e. The fourth-order valence-electron chi connectivity index (χ4n) is 2.68. The standard InChI is InChI=1S/C23H27N5O3S/c1-16-14-19(27-23(31)26-18-8-4-3-5-9-18)10-6-11-20(16)21(15-22(24)30)28-32-17(2)25-12-7-13-29/h3-6,8-9,11,14,25,29H,2,7,12-13,15H2,1H3,(H2,24,30)(H2,26,27,31)/b28-21+. The summed E-state index contributed by atoms with van der Waals surface area (Å²) >= 11 is 1.10. The van der Waals surface area contributed by atoms with Crippen molar-refractivity contribution in [1.82, 2.24) is 10.6 Å². The number of carbonyl (C=O) groups is 2. The number of nitrogens with one attached hydrogen (secondary N) is 3. The molecule has 0 aromatic heterocycles. The maximum atomic E-state index is 12.3. The van der Waals surface area contributed by atoms with Crippen LogP contribution in [0.25, 0.3) is 0 Å². The van der Waals surface area contributed by atoms with Gasteiger partial charge in [0.05, 0.1) is 22.9 Å². The number of para-hydroxylation sites is 1. The molecule has 1 aromatic carbocycles. The molecule has 0 heterocycles. The fraction of sp³-hybridized carbons (Fsp3) is 0.217. The van der Waals surface area contributed by atoms with Crippen LogP contribution in [0.2, 0.25) is 0 Å². The maximum absolute atomic E-state index is 12.3. The molecule has 0 radical (unpaired) electrons. The number of hydrogen-bond acceptors (Lipinski definition) is 6. The molecular formula is C23H27N5O3S. The SMILES string of the molecule is C=C(NCCCO)S/N=C(\CC(N)=O)C1=CC=C=C(NC(=O)Nc2ccccc2)C=C1C. The summed E-state index contributed by atoms with van der Waals surface area (Å²) in [5.41, 5.74) is 11.5. The third kappa shape index (κ3) is 8.69. The minimum atomic E-state index is -0.515. The van der Waals surface area contributed by atoms with E-state index in [2.05, 4.69) is 32.7 Å². The van der Waals surface area contributed by atoms with Crippen LogP contribution in [-0.2, 0) is 4.79 Å². The van der Waals surface area contributed by atoms with E-state index in [1.54, 1.807) is 30.4 Å². The van der Waals surface area contributed by atoms with Gasteiger partial charge < -0.3 is 26.8 Å². The van der Waals surface area contributed by atoms with E-state index in [9.17, 15) is 9.59 Å². The van der Waals surface area contributed by atoms with Gasteiger partial charge in [0.15, 0.2) is 0 Å². The van der Waals surface area contributed by atoms with Gasteiger partial charge in [-0.15, -0.1) is 0 Å². The molecule has 32 heavy (non-hydrogen) atoms. The molecule has 168 valence electrons. The molecule has 6 N–H and O–H groups in total. The number of aliphatic hydroxyl groups excluding tert-OH is 1. The lowest BCUT2D eigenvalue weighted by Gasteiger charge is -2.12. The molecule has 0 saturated carbocycles. The summed E-state index contributed by atoms with van der Waals surface area (Å²) in [5.74, 6) is -0.515. The van der Waals surface area contributed by atoms with Crippen LogP contribution in [0.5, 0.6) is 0 Å². The van der Waals surface area contributed by atoms with Crippen LogP contribution in [0.4, 0.5) is 10.5 Å². The molecule has 0 fully saturated rings. The third-order valence-corrected chi connectivity index (χ3v) is 4.81. The van der Waals surface area contributed by atoms with Crippen molar-refractivity contribution < 1.29 is 14.7 Å². The summed E-state index contributed by atoms with van der Waals surface area (Å²) in [7, 11) is 0. The molecule has 8 nitrogen and oxygen atoms in total. The van der Waals surface area contributed by atoms with Gasteiger partial charge in [-0.25, -0.2) is 9.19 Å². The Morgan fingerprint density at radius 2 is 2.00 bits per heavy atom. The number of benzene rings is 1. The van der Waals surface area contributed by atoms with Crippen molar-refractivity contribution in [2.24, 2.45) is 10.1 Å². The Morgan fingerprint density at radius 3 is 2.69 bits per heavy atom. The molecule has 0 aliphatic heterocycles. The highest BCUT2D eigenvalue weighted by atomic mass is 32.2. The molecule has 3 amide bonds. The van der Waals surface area contributed by atoms with Gasteiger partial charge in [0.2, 0.25) is 5.91 Å². The highest BCUT2D eigenvalue weighted by Gasteiger charge is 2.15. The van der Waals surface area contributed by atoms with Crippen molar-refractivity contribution in [1.29, 1.82) is 0 Å². The van der Waals surface area contributed by atoms with Gasteiger partial charge in [-0.3, -0.25) is 4.79 Å². The Labute approximate surface area is 191 Å². The van der Waals surface area contributed by atoms with E-state index in [-0.39, 0.29) is 13.0 Å². The molecule has 1 aromatic rings. The summed E-state index contributed by atoms with van der Waals surface area (Å²) < 4.78 is 4.44. The lowest BCUT2D eigenvalue weighted by Crippen LogP contribution is -2.27. The van der Waals surface area contributed by atoms with Crippen LogP contribution >= 0.6 is 11.9 Å².